The number of carbonyl (C=O) groups is 1. The van der Waals surface area contributed by atoms with Crippen LogP contribution in [0.2, 0.25) is 0 Å². The Balaban J connectivity index is 3.39. The highest BCUT2D eigenvalue weighted by atomic mass is 32.2. The molecular formula is C9H16F2O2S. The molecule has 0 spiro atoms. The summed E-state index contributed by atoms with van der Waals surface area (Å²) < 4.78 is 25.8. The van der Waals surface area contributed by atoms with Gasteiger partial charge < -0.3 is 5.11 Å². The number of alkyl halides is 2. The number of carboxylic acid groups (broad SMARTS) is 1. The quantitative estimate of drug-likeness (QED) is 0.646. The molecule has 2 nitrogen and oxygen atoms in total. The van der Waals surface area contributed by atoms with Gasteiger partial charge in [0.05, 0.1) is 5.75 Å². The molecule has 5 heteroatoms. The first-order chi connectivity index (χ1) is 6.48. The summed E-state index contributed by atoms with van der Waals surface area (Å²) in [5.74, 6) is -2.97. The molecule has 0 aliphatic rings. The summed E-state index contributed by atoms with van der Waals surface area (Å²) in [5, 5.41) is 8.29. The van der Waals surface area contributed by atoms with Gasteiger partial charge in [-0.1, -0.05) is 13.3 Å². The highest BCUT2D eigenvalue weighted by Crippen LogP contribution is 2.26. The Kier molecular flexibility index (Phi) is 6.87. The standard InChI is InChI=1S/C9H16F2O2S/c1-2-4-9(10,11)5-3-6-14-7-8(12)13/h2-7H2,1H3,(H,12,13). The van der Waals surface area contributed by atoms with E-state index in [0.29, 0.717) is 18.6 Å². The molecular weight excluding hydrogens is 210 g/mol. The minimum Gasteiger partial charge on any atom is -0.481 e. The Morgan fingerprint density at radius 2 is 2.07 bits per heavy atom. The average Bonchev–Trinajstić information content (AvgIpc) is 2.02. The van der Waals surface area contributed by atoms with E-state index < -0.39 is 11.9 Å². The molecule has 0 aliphatic heterocycles. The topological polar surface area (TPSA) is 37.3 Å². The lowest BCUT2D eigenvalue weighted by molar-refractivity contribution is -0.133. The number of rotatable bonds is 8. The van der Waals surface area contributed by atoms with Crippen molar-refractivity contribution in [3.63, 3.8) is 0 Å². The lowest BCUT2D eigenvalue weighted by Crippen LogP contribution is -2.15. The molecule has 84 valence electrons. The average molecular weight is 226 g/mol. The minimum absolute atomic E-state index is 0.000646. The monoisotopic (exact) mass is 226 g/mol. The maximum atomic E-state index is 12.9. The number of hydrogen-bond acceptors (Lipinski definition) is 2. The van der Waals surface area contributed by atoms with Gasteiger partial charge in [0.1, 0.15) is 0 Å². The lowest BCUT2D eigenvalue weighted by Gasteiger charge is -2.14. The van der Waals surface area contributed by atoms with Gasteiger partial charge in [-0.3, -0.25) is 4.79 Å². The van der Waals surface area contributed by atoms with Gasteiger partial charge in [0, 0.05) is 12.8 Å². The molecule has 0 aromatic heterocycles. The molecule has 0 bridgehead atoms. The molecule has 0 fully saturated rings. The molecule has 0 heterocycles. The summed E-state index contributed by atoms with van der Waals surface area (Å²) >= 11 is 1.19. The van der Waals surface area contributed by atoms with Crippen molar-refractivity contribution >= 4 is 17.7 Å². The largest absolute Gasteiger partial charge is 0.481 e. The number of hydrogen-bond donors (Lipinski definition) is 1. The van der Waals surface area contributed by atoms with E-state index in [4.69, 9.17) is 5.11 Å². The second-order valence-electron chi connectivity index (χ2n) is 3.16. The molecule has 0 amide bonds. The third-order valence-corrected chi connectivity index (χ3v) is 2.70. The maximum Gasteiger partial charge on any atom is 0.313 e. The van der Waals surface area contributed by atoms with Crippen molar-refractivity contribution < 1.29 is 18.7 Å². The normalized spacial score (nSPS) is 11.6. The van der Waals surface area contributed by atoms with E-state index in [1.54, 1.807) is 6.92 Å². The van der Waals surface area contributed by atoms with Crippen LogP contribution in [-0.2, 0) is 4.79 Å². The van der Waals surface area contributed by atoms with Gasteiger partial charge in [-0.2, -0.15) is 11.8 Å². The lowest BCUT2D eigenvalue weighted by atomic mass is 10.1. The van der Waals surface area contributed by atoms with Crippen LogP contribution in [0.5, 0.6) is 0 Å². The summed E-state index contributed by atoms with van der Waals surface area (Å²) in [6.07, 6.45) is 0.657. The van der Waals surface area contributed by atoms with Crippen molar-refractivity contribution in [3.05, 3.63) is 0 Å². The van der Waals surface area contributed by atoms with Crippen LogP contribution < -0.4 is 0 Å². The van der Waals surface area contributed by atoms with E-state index in [0.717, 1.165) is 0 Å². The van der Waals surface area contributed by atoms with Crippen molar-refractivity contribution in [2.24, 2.45) is 0 Å². The highest BCUT2D eigenvalue weighted by Gasteiger charge is 2.26. The zero-order chi connectivity index (χ0) is 11.0. The Morgan fingerprint density at radius 3 is 2.57 bits per heavy atom. The molecule has 0 aliphatic carbocycles. The van der Waals surface area contributed by atoms with Crippen LogP contribution in [0.15, 0.2) is 0 Å². The van der Waals surface area contributed by atoms with Crippen LogP contribution in [0.4, 0.5) is 8.78 Å². The van der Waals surface area contributed by atoms with Gasteiger partial charge in [-0.25, -0.2) is 8.78 Å². The first-order valence-corrected chi connectivity index (χ1v) is 5.81. The van der Waals surface area contributed by atoms with Gasteiger partial charge in [0.25, 0.3) is 0 Å². The summed E-state index contributed by atoms with van der Waals surface area (Å²) in [4.78, 5) is 10.1. The molecule has 0 rings (SSSR count). The van der Waals surface area contributed by atoms with E-state index in [2.05, 4.69) is 0 Å². The van der Waals surface area contributed by atoms with Crippen molar-refractivity contribution in [1.29, 1.82) is 0 Å². The van der Waals surface area contributed by atoms with Crippen molar-refractivity contribution in [2.75, 3.05) is 11.5 Å². The van der Waals surface area contributed by atoms with Crippen molar-refractivity contribution in [2.45, 2.75) is 38.5 Å². The molecule has 0 atom stereocenters. The fraction of sp³-hybridized carbons (Fsp3) is 0.889. The molecule has 14 heavy (non-hydrogen) atoms. The van der Waals surface area contributed by atoms with E-state index in [9.17, 15) is 13.6 Å². The molecule has 0 radical (unpaired) electrons. The summed E-state index contributed by atoms with van der Waals surface area (Å²) in [6.45, 7) is 1.73. The number of thioether (sulfide) groups is 1. The third-order valence-electron chi connectivity index (χ3n) is 1.67. The van der Waals surface area contributed by atoms with Gasteiger partial charge in [-0.15, -0.1) is 0 Å². The van der Waals surface area contributed by atoms with Crippen molar-refractivity contribution in [3.8, 4) is 0 Å². The summed E-state index contributed by atoms with van der Waals surface area (Å²) in [7, 11) is 0. The van der Waals surface area contributed by atoms with E-state index >= 15 is 0 Å². The number of halogens is 2. The first-order valence-electron chi connectivity index (χ1n) is 4.65. The Bertz CT molecular complexity index is 174. The Hall–Kier alpha value is -0.320. The molecule has 0 unspecified atom stereocenters. The summed E-state index contributed by atoms with van der Waals surface area (Å²) in [6, 6.07) is 0. The van der Waals surface area contributed by atoms with Crippen LogP contribution in [0.25, 0.3) is 0 Å². The van der Waals surface area contributed by atoms with E-state index in [-0.39, 0.29) is 18.6 Å². The van der Waals surface area contributed by atoms with Gasteiger partial charge in [-0.05, 0) is 12.2 Å². The molecule has 0 saturated carbocycles. The minimum atomic E-state index is -2.57. The second-order valence-corrected chi connectivity index (χ2v) is 4.26. The first kappa shape index (κ1) is 13.7. The van der Waals surface area contributed by atoms with E-state index in [1.165, 1.54) is 11.8 Å². The van der Waals surface area contributed by atoms with Gasteiger partial charge in [0.15, 0.2) is 0 Å². The predicted octanol–water partition coefficient (Wildman–Crippen LogP) is 3.02. The van der Waals surface area contributed by atoms with Crippen LogP contribution in [0.3, 0.4) is 0 Å². The van der Waals surface area contributed by atoms with Crippen molar-refractivity contribution in [1.82, 2.24) is 0 Å². The fourth-order valence-electron chi connectivity index (χ4n) is 1.08. The molecule has 0 aromatic carbocycles. The molecule has 1 N–H and O–H groups in total. The summed E-state index contributed by atoms with van der Waals surface area (Å²) in [5.41, 5.74) is 0. The molecule has 0 aromatic rings. The SMILES string of the molecule is CCCC(F)(F)CCCSCC(=O)O. The van der Waals surface area contributed by atoms with Crippen LogP contribution >= 0.6 is 11.8 Å². The number of aliphatic carboxylic acids is 1. The Labute approximate surface area is 87.1 Å². The van der Waals surface area contributed by atoms with Crippen LogP contribution in [0, 0.1) is 0 Å². The van der Waals surface area contributed by atoms with Crippen LogP contribution in [0.1, 0.15) is 32.6 Å². The zero-order valence-corrected chi connectivity index (χ0v) is 9.08. The maximum absolute atomic E-state index is 12.9. The molecule has 0 saturated heterocycles. The third kappa shape index (κ3) is 8.29. The highest BCUT2D eigenvalue weighted by molar-refractivity contribution is 7.99. The van der Waals surface area contributed by atoms with E-state index in [1.807, 2.05) is 0 Å². The predicted molar refractivity (Wildman–Crippen MR) is 54.0 cm³/mol. The Morgan fingerprint density at radius 1 is 1.43 bits per heavy atom. The number of carboxylic acids is 1. The zero-order valence-electron chi connectivity index (χ0n) is 8.26. The fourth-order valence-corrected chi connectivity index (χ4v) is 1.75. The van der Waals surface area contributed by atoms with Gasteiger partial charge >= 0.3 is 5.97 Å². The van der Waals surface area contributed by atoms with Crippen LogP contribution in [-0.4, -0.2) is 28.5 Å². The van der Waals surface area contributed by atoms with Gasteiger partial charge in [0.2, 0.25) is 5.92 Å². The second kappa shape index (κ2) is 7.04. The smallest absolute Gasteiger partial charge is 0.313 e.